The van der Waals surface area contributed by atoms with Gasteiger partial charge in [0.2, 0.25) is 0 Å². The van der Waals surface area contributed by atoms with Gasteiger partial charge in [-0.15, -0.1) is 11.3 Å². The summed E-state index contributed by atoms with van der Waals surface area (Å²) in [5, 5.41) is 11.1. The zero-order chi connectivity index (χ0) is 17.5. The van der Waals surface area contributed by atoms with Crippen molar-refractivity contribution in [2.24, 2.45) is 5.92 Å². The van der Waals surface area contributed by atoms with E-state index in [9.17, 15) is 9.59 Å². The van der Waals surface area contributed by atoms with E-state index in [-0.39, 0.29) is 11.8 Å². The number of carbonyl (C=O) groups excluding carboxylic acids is 2. The number of thiophene rings is 1. The summed E-state index contributed by atoms with van der Waals surface area (Å²) in [5.74, 6) is 0.289. The van der Waals surface area contributed by atoms with E-state index in [0.29, 0.717) is 28.6 Å². The molecule has 132 valence electrons. The van der Waals surface area contributed by atoms with Crippen LogP contribution in [-0.4, -0.2) is 31.4 Å². The lowest BCUT2D eigenvalue weighted by Crippen LogP contribution is -2.33. The van der Waals surface area contributed by atoms with Gasteiger partial charge in [-0.05, 0) is 61.8 Å². The maximum atomic E-state index is 12.5. The molecular formula is C19H23N3O2S. The summed E-state index contributed by atoms with van der Waals surface area (Å²) >= 11 is 1.38. The first-order chi connectivity index (χ1) is 12.2. The number of hydrogen-bond donors (Lipinski definition) is 3. The Labute approximate surface area is 151 Å². The van der Waals surface area contributed by atoms with Crippen molar-refractivity contribution in [2.75, 3.05) is 25.0 Å². The number of hydrogen-bond acceptors (Lipinski definition) is 4. The van der Waals surface area contributed by atoms with Crippen LogP contribution in [0.15, 0.2) is 41.8 Å². The van der Waals surface area contributed by atoms with E-state index in [1.807, 2.05) is 17.5 Å². The molecule has 0 saturated carbocycles. The highest BCUT2D eigenvalue weighted by Crippen LogP contribution is 2.18. The molecule has 0 radical (unpaired) electrons. The average Bonchev–Trinajstić information content (AvgIpc) is 3.18. The van der Waals surface area contributed by atoms with Gasteiger partial charge in [-0.25, -0.2) is 0 Å². The van der Waals surface area contributed by atoms with Crippen molar-refractivity contribution in [1.82, 2.24) is 10.6 Å². The fraction of sp³-hybridized carbons (Fsp3) is 0.368. The molecule has 1 aromatic carbocycles. The van der Waals surface area contributed by atoms with Gasteiger partial charge >= 0.3 is 0 Å². The molecule has 0 spiro atoms. The van der Waals surface area contributed by atoms with Gasteiger partial charge in [0, 0.05) is 6.54 Å². The van der Waals surface area contributed by atoms with E-state index >= 15 is 0 Å². The number of amides is 2. The minimum atomic E-state index is -0.191. The molecule has 0 bridgehead atoms. The van der Waals surface area contributed by atoms with Crippen molar-refractivity contribution in [3.63, 3.8) is 0 Å². The second kappa shape index (κ2) is 8.78. The molecule has 2 aromatic rings. The van der Waals surface area contributed by atoms with E-state index in [1.165, 1.54) is 24.2 Å². The van der Waals surface area contributed by atoms with E-state index in [1.54, 1.807) is 24.3 Å². The molecule has 1 atom stereocenters. The molecule has 1 unspecified atom stereocenters. The summed E-state index contributed by atoms with van der Waals surface area (Å²) in [5.41, 5.74) is 1.03. The fourth-order valence-corrected chi connectivity index (χ4v) is 3.66. The Morgan fingerprint density at radius 3 is 2.80 bits per heavy atom. The Balaban J connectivity index is 1.57. The zero-order valence-corrected chi connectivity index (χ0v) is 14.9. The van der Waals surface area contributed by atoms with Gasteiger partial charge in [-0.1, -0.05) is 18.2 Å². The zero-order valence-electron chi connectivity index (χ0n) is 14.1. The van der Waals surface area contributed by atoms with Gasteiger partial charge in [0.25, 0.3) is 11.8 Å². The Kier molecular flexibility index (Phi) is 6.19. The quantitative estimate of drug-likeness (QED) is 0.744. The first-order valence-corrected chi connectivity index (χ1v) is 9.55. The predicted molar refractivity (Wildman–Crippen MR) is 101 cm³/mol. The largest absolute Gasteiger partial charge is 0.352 e. The number of para-hydroxylation sites is 1. The van der Waals surface area contributed by atoms with Crippen LogP contribution in [0.1, 0.15) is 39.3 Å². The van der Waals surface area contributed by atoms with Gasteiger partial charge in [-0.3, -0.25) is 9.59 Å². The third-order valence-corrected chi connectivity index (χ3v) is 5.27. The lowest BCUT2D eigenvalue weighted by atomic mass is 9.96. The van der Waals surface area contributed by atoms with Crippen LogP contribution >= 0.6 is 11.3 Å². The molecule has 1 aromatic heterocycles. The van der Waals surface area contributed by atoms with Crippen molar-refractivity contribution in [2.45, 2.75) is 19.3 Å². The van der Waals surface area contributed by atoms with Crippen LogP contribution in [0.4, 0.5) is 5.69 Å². The van der Waals surface area contributed by atoms with Crippen molar-refractivity contribution >= 4 is 28.8 Å². The lowest BCUT2D eigenvalue weighted by Gasteiger charge is -2.22. The van der Waals surface area contributed by atoms with E-state index < -0.39 is 0 Å². The van der Waals surface area contributed by atoms with E-state index in [0.717, 1.165) is 19.5 Å². The van der Waals surface area contributed by atoms with Crippen LogP contribution in [0.5, 0.6) is 0 Å². The normalized spacial score (nSPS) is 17.0. The van der Waals surface area contributed by atoms with Crippen LogP contribution < -0.4 is 16.0 Å². The second-order valence-electron chi connectivity index (χ2n) is 6.23. The van der Waals surface area contributed by atoms with Crippen LogP contribution in [0.25, 0.3) is 0 Å². The van der Waals surface area contributed by atoms with Crippen LogP contribution in [0.2, 0.25) is 0 Å². The van der Waals surface area contributed by atoms with E-state index in [2.05, 4.69) is 16.0 Å². The Bertz CT molecular complexity index is 709. The molecule has 3 rings (SSSR count). The molecule has 25 heavy (non-hydrogen) atoms. The molecule has 1 aliphatic rings. The van der Waals surface area contributed by atoms with Gasteiger partial charge in [-0.2, -0.15) is 0 Å². The Morgan fingerprint density at radius 2 is 2.04 bits per heavy atom. The van der Waals surface area contributed by atoms with Gasteiger partial charge in [0.1, 0.15) is 0 Å². The minimum absolute atomic E-state index is 0.147. The lowest BCUT2D eigenvalue weighted by molar-refractivity contribution is 0.0951. The number of piperidine rings is 1. The third kappa shape index (κ3) is 4.90. The predicted octanol–water partition coefficient (Wildman–Crippen LogP) is 3.12. The van der Waals surface area contributed by atoms with Crippen molar-refractivity contribution < 1.29 is 9.59 Å². The average molecular weight is 357 g/mol. The van der Waals surface area contributed by atoms with Crippen molar-refractivity contribution in [3.05, 3.63) is 52.2 Å². The molecule has 2 amide bonds. The Hall–Kier alpha value is -2.18. The summed E-state index contributed by atoms with van der Waals surface area (Å²) in [4.78, 5) is 25.4. The summed E-state index contributed by atoms with van der Waals surface area (Å²) in [7, 11) is 0. The SMILES string of the molecule is O=C(Nc1ccccc1C(=O)NCCC1CCCNC1)c1cccs1. The monoisotopic (exact) mass is 357 g/mol. The van der Waals surface area contributed by atoms with Gasteiger partial charge in [0.15, 0.2) is 0 Å². The second-order valence-corrected chi connectivity index (χ2v) is 7.18. The maximum Gasteiger partial charge on any atom is 0.265 e. The molecular weight excluding hydrogens is 334 g/mol. The molecule has 3 N–H and O–H groups in total. The summed E-state index contributed by atoms with van der Waals surface area (Å²) in [6, 6.07) is 10.7. The molecule has 1 saturated heterocycles. The summed E-state index contributed by atoms with van der Waals surface area (Å²) in [6.45, 7) is 2.78. The first-order valence-electron chi connectivity index (χ1n) is 8.67. The topological polar surface area (TPSA) is 70.2 Å². The fourth-order valence-electron chi connectivity index (χ4n) is 3.04. The molecule has 0 aliphatic carbocycles. The molecule has 6 heteroatoms. The van der Waals surface area contributed by atoms with Gasteiger partial charge < -0.3 is 16.0 Å². The number of benzene rings is 1. The molecule has 5 nitrogen and oxygen atoms in total. The highest BCUT2D eigenvalue weighted by Gasteiger charge is 2.16. The first kappa shape index (κ1) is 17.6. The summed E-state index contributed by atoms with van der Waals surface area (Å²) in [6.07, 6.45) is 3.40. The highest BCUT2D eigenvalue weighted by molar-refractivity contribution is 7.12. The summed E-state index contributed by atoms with van der Waals surface area (Å²) < 4.78 is 0. The minimum Gasteiger partial charge on any atom is -0.352 e. The molecule has 1 fully saturated rings. The van der Waals surface area contributed by atoms with Crippen LogP contribution in [-0.2, 0) is 0 Å². The molecule has 2 heterocycles. The Morgan fingerprint density at radius 1 is 1.16 bits per heavy atom. The number of rotatable bonds is 6. The maximum absolute atomic E-state index is 12.5. The van der Waals surface area contributed by atoms with Crippen molar-refractivity contribution in [1.29, 1.82) is 0 Å². The van der Waals surface area contributed by atoms with E-state index in [4.69, 9.17) is 0 Å². The number of carbonyl (C=O) groups is 2. The highest BCUT2D eigenvalue weighted by atomic mass is 32.1. The number of anilines is 1. The van der Waals surface area contributed by atoms with Crippen molar-refractivity contribution in [3.8, 4) is 0 Å². The van der Waals surface area contributed by atoms with Gasteiger partial charge in [0.05, 0.1) is 16.1 Å². The third-order valence-electron chi connectivity index (χ3n) is 4.40. The number of nitrogens with one attached hydrogen (secondary N) is 3. The molecule has 1 aliphatic heterocycles. The van der Waals surface area contributed by atoms with Crippen LogP contribution in [0.3, 0.4) is 0 Å². The standard InChI is InChI=1S/C19H23N3O2S/c23-18(21-11-9-14-5-3-10-20-13-14)15-6-1-2-7-16(15)22-19(24)17-8-4-12-25-17/h1-2,4,6-8,12,14,20H,3,5,9-11,13H2,(H,21,23)(H,22,24). The smallest absolute Gasteiger partial charge is 0.265 e. The van der Waals surface area contributed by atoms with Crippen LogP contribution in [0, 0.1) is 5.92 Å².